The van der Waals surface area contributed by atoms with E-state index in [0.717, 1.165) is 5.69 Å². The van der Waals surface area contributed by atoms with Gasteiger partial charge in [0.15, 0.2) is 12.3 Å². The normalized spacial score (nSPS) is 10.2. The maximum atomic E-state index is 11.9. The zero-order chi connectivity index (χ0) is 15.4. The number of amides is 1. The molecule has 0 unspecified atom stereocenters. The topological polar surface area (TPSA) is 77.3 Å². The molecule has 0 radical (unpaired) electrons. The summed E-state index contributed by atoms with van der Waals surface area (Å²) in [6, 6.07) is 9.22. The molecule has 0 saturated carbocycles. The second-order valence-electron chi connectivity index (χ2n) is 4.62. The van der Waals surface area contributed by atoms with Gasteiger partial charge in [0.1, 0.15) is 0 Å². The Morgan fingerprint density at radius 3 is 2.48 bits per heavy atom. The second kappa shape index (κ2) is 6.17. The van der Waals surface area contributed by atoms with Crippen LogP contribution < -0.4 is 0 Å². The van der Waals surface area contributed by atoms with Gasteiger partial charge in [0, 0.05) is 14.1 Å². The van der Waals surface area contributed by atoms with Crippen molar-refractivity contribution in [2.24, 2.45) is 0 Å². The highest BCUT2D eigenvalue weighted by Gasteiger charge is 2.19. The van der Waals surface area contributed by atoms with Crippen LogP contribution in [0.25, 0.3) is 5.69 Å². The molecule has 21 heavy (non-hydrogen) atoms. The summed E-state index contributed by atoms with van der Waals surface area (Å²) >= 11 is 0. The van der Waals surface area contributed by atoms with Crippen LogP contribution in [0.4, 0.5) is 0 Å². The standard InChI is InChI=1S/C14H16N4O3/c1-10-13(14(20)21-9-12(19)17(2)3)16-18(15-10)11-7-5-4-6-8-11/h4-8H,9H2,1-3H3. The van der Waals surface area contributed by atoms with Crippen molar-refractivity contribution in [1.82, 2.24) is 19.9 Å². The molecule has 2 rings (SSSR count). The fourth-order valence-corrected chi connectivity index (χ4v) is 1.57. The highest BCUT2D eigenvalue weighted by Crippen LogP contribution is 2.09. The van der Waals surface area contributed by atoms with Gasteiger partial charge in [0.2, 0.25) is 0 Å². The Labute approximate surface area is 122 Å². The van der Waals surface area contributed by atoms with Gasteiger partial charge in [-0.15, -0.1) is 5.10 Å². The summed E-state index contributed by atoms with van der Waals surface area (Å²) < 4.78 is 4.94. The number of likely N-dealkylation sites (N-methyl/N-ethyl adjacent to an activating group) is 1. The number of nitrogens with zero attached hydrogens (tertiary/aromatic N) is 4. The summed E-state index contributed by atoms with van der Waals surface area (Å²) in [4.78, 5) is 26.0. The monoisotopic (exact) mass is 288 g/mol. The average molecular weight is 288 g/mol. The zero-order valence-electron chi connectivity index (χ0n) is 12.1. The minimum absolute atomic E-state index is 0.102. The van der Waals surface area contributed by atoms with E-state index < -0.39 is 5.97 Å². The van der Waals surface area contributed by atoms with Crippen molar-refractivity contribution in [3.8, 4) is 5.69 Å². The summed E-state index contributed by atoms with van der Waals surface area (Å²) in [7, 11) is 3.18. The Hall–Kier alpha value is -2.70. The lowest BCUT2D eigenvalue weighted by molar-refractivity contribution is -0.131. The van der Waals surface area contributed by atoms with Crippen LogP contribution in [0.3, 0.4) is 0 Å². The van der Waals surface area contributed by atoms with Gasteiger partial charge in [-0.05, 0) is 19.1 Å². The summed E-state index contributed by atoms with van der Waals surface area (Å²) in [5, 5.41) is 8.28. The molecule has 0 aliphatic heterocycles. The van der Waals surface area contributed by atoms with Crippen LogP contribution in [-0.4, -0.2) is 52.5 Å². The van der Waals surface area contributed by atoms with E-state index in [1.54, 1.807) is 21.0 Å². The molecule has 7 heteroatoms. The molecule has 7 nitrogen and oxygen atoms in total. The fourth-order valence-electron chi connectivity index (χ4n) is 1.57. The molecule has 1 heterocycles. The van der Waals surface area contributed by atoms with Crippen LogP contribution in [0, 0.1) is 6.92 Å². The maximum Gasteiger partial charge on any atom is 0.361 e. The van der Waals surface area contributed by atoms with Crippen LogP contribution in [0.15, 0.2) is 30.3 Å². The van der Waals surface area contributed by atoms with E-state index in [2.05, 4.69) is 10.2 Å². The molecule has 0 bridgehead atoms. The van der Waals surface area contributed by atoms with E-state index >= 15 is 0 Å². The van der Waals surface area contributed by atoms with Gasteiger partial charge in [0.05, 0.1) is 11.4 Å². The Morgan fingerprint density at radius 1 is 1.19 bits per heavy atom. The number of para-hydroxylation sites is 1. The molecular formula is C14H16N4O3. The Balaban J connectivity index is 2.12. The summed E-state index contributed by atoms with van der Waals surface area (Å²) in [6.07, 6.45) is 0. The quantitative estimate of drug-likeness (QED) is 0.778. The number of hydrogen-bond donors (Lipinski definition) is 0. The van der Waals surface area contributed by atoms with E-state index in [1.165, 1.54) is 9.70 Å². The predicted octanol–water partition coefficient (Wildman–Crippen LogP) is 0.821. The average Bonchev–Trinajstić information content (AvgIpc) is 2.87. The third kappa shape index (κ3) is 3.44. The number of ether oxygens (including phenoxy) is 1. The molecule has 0 fully saturated rings. The van der Waals surface area contributed by atoms with Gasteiger partial charge >= 0.3 is 5.97 Å². The number of carbonyl (C=O) groups is 2. The van der Waals surface area contributed by atoms with Crippen molar-refractivity contribution in [3.05, 3.63) is 41.7 Å². The highest BCUT2D eigenvalue weighted by atomic mass is 16.5. The number of esters is 1. The van der Waals surface area contributed by atoms with Crippen molar-refractivity contribution in [2.45, 2.75) is 6.92 Å². The number of carbonyl (C=O) groups excluding carboxylic acids is 2. The summed E-state index contributed by atoms with van der Waals surface area (Å²) in [5.41, 5.74) is 1.29. The number of benzene rings is 1. The van der Waals surface area contributed by atoms with Crippen LogP contribution >= 0.6 is 0 Å². The Kier molecular flexibility index (Phi) is 4.32. The molecule has 1 aromatic heterocycles. The predicted molar refractivity (Wildman–Crippen MR) is 75.1 cm³/mol. The minimum atomic E-state index is -0.662. The largest absolute Gasteiger partial charge is 0.451 e. The second-order valence-corrected chi connectivity index (χ2v) is 4.62. The van der Waals surface area contributed by atoms with Gasteiger partial charge in [0.25, 0.3) is 5.91 Å². The van der Waals surface area contributed by atoms with Gasteiger partial charge in [-0.1, -0.05) is 18.2 Å². The third-order valence-electron chi connectivity index (χ3n) is 2.79. The molecule has 0 aliphatic rings. The minimum Gasteiger partial charge on any atom is -0.451 e. The van der Waals surface area contributed by atoms with Gasteiger partial charge in [-0.3, -0.25) is 4.79 Å². The first-order chi connectivity index (χ1) is 9.99. The van der Waals surface area contributed by atoms with E-state index in [1.807, 2.05) is 30.3 Å². The molecule has 1 aromatic carbocycles. The van der Waals surface area contributed by atoms with Crippen LogP contribution in [0.2, 0.25) is 0 Å². The first-order valence-corrected chi connectivity index (χ1v) is 6.35. The highest BCUT2D eigenvalue weighted by molar-refractivity contribution is 5.90. The maximum absolute atomic E-state index is 11.9. The van der Waals surface area contributed by atoms with Crippen LogP contribution in [0.5, 0.6) is 0 Å². The molecule has 2 aromatic rings. The van der Waals surface area contributed by atoms with Gasteiger partial charge in [-0.25, -0.2) is 4.79 Å². The molecule has 1 amide bonds. The molecular weight excluding hydrogens is 272 g/mol. The van der Waals surface area contributed by atoms with Gasteiger partial charge in [-0.2, -0.15) is 9.90 Å². The summed E-state index contributed by atoms with van der Waals surface area (Å²) in [5.74, 6) is -0.957. The first kappa shape index (κ1) is 14.7. The van der Waals surface area contributed by atoms with Crippen molar-refractivity contribution >= 4 is 11.9 Å². The van der Waals surface area contributed by atoms with E-state index in [9.17, 15) is 9.59 Å². The van der Waals surface area contributed by atoms with E-state index in [0.29, 0.717) is 5.69 Å². The smallest absolute Gasteiger partial charge is 0.361 e. The first-order valence-electron chi connectivity index (χ1n) is 6.35. The summed E-state index contributed by atoms with van der Waals surface area (Å²) in [6.45, 7) is 1.35. The lowest BCUT2D eigenvalue weighted by atomic mass is 10.3. The number of aryl methyl sites for hydroxylation is 1. The van der Waals surface area contributed by atoms with Crippen LogP contribution in [-0.2, 0) is 9.53 Å². The number of rotatable bonds is 4. The SMILES string of the molecule is Cc1nn(-c2ccccc2)nc1C(=O)OCC(=O)N(C)C. The van der Waals surface area contributed by atoms with Crippen molar-refractivity contribution in [2.75, 3.05) is 20.7 Å². The molecule has 110 valence electrons. The number of hydrogen-bond acceptors (Lipinski definition) is 5. The Morgan fingerprint density at radius 2 is 1.86 bits per heavy atom. The fraction of sp³-hybridized carbons (Fsp3) is 0.286. The van der Waals surface area contributed by atoms with Crippen LogP contribution in [0.1, 0.15) is 16.2 Å². The number of aromatic nitrogens is 3. The van der Waals surface area contributed by atoms with Crippen molar-refractivity contribution < 1.29 is 14.3 Å². The van der Waals surface area contributed by atoms with Crippen molar-refractivity contribution in [3.63, 3.8) is 0 Å². The zero-order valence-corrected chi connectivity index (χ0v) is 12.1. The van der Waals surface area contributed by atoms with Gasteiger partial charge < -0.3 is 9.64 Å². The van der Waals surface area contributed by atoms with E-state index in [-0.39, 0.29) is 18.2 Å². The molecule has 0 saturated heterocycles. The Bertz CT molecular complexity index is 649. The molecule has 0 N–H and O–H groups in total. The lowest BCUT2D eigenvalue weighted by Crippen LogP contribution is -2.27. The third-order valence-corrected chi connectivity index (χ3v) is 2.79. The van der Waals surface area contributed by atoms with Crippen molar-refractivity contribution in [1.29, 1.82) is 0 Å². The molecule has 0 spiro atoms. The lowest BCUT2D eigenvalue weighted by Gasteiger charge is -2.09. The van der Waals surface area contributed by atoms with E-state index in [4.69, 9.17) is 4.74 Å². The molecule has 0 aliphatic carbocycles. The molecule has 0 atom stereocenters.